The molecule has 0 saturated carbocycles. The normalized spacial score (nSPS) is 11.2. The summed E-state index contributed by atoms with van der Waals surface area (Å²) in [4.78, 5) is 8.96. The van der Waals surface area contributed by atoms with Gasteiger partial charge in [-0.2, -0.15) is 5.10 Å². The SMILES string of the molecule is COc1cncc(-c2cc(C)c3c(O)n(-c4cn[nH]c4)c(C)c3n2)c1. The lowest BCUT2D eigenvalue weighted by molar-refractivity contribution is 0.413. The number of ether oxygens (including phenoxy) is 1. The first-order valence-corrected chi connectivity index (χ1v) is 7.80. The van der Waals surface area contributed by atoms with Crippen LogP contribution in [0.5, 0.6) is 11.6 Å². The predicted molar refractivity (Wildman–Crippen MR) is 94.1 cm³/mol. The molecular weight excluding hydrogens is 318 g/mol. The van der Waals surface area contributed by atoms with Crippen molar-refractivity contribution in [2.24, 2.45) is 0 Å². The molecule has 0 fully saturated rings. The van der Waals surface area contributed by atoms with Crippen molar-refractivity contribution in [2.75, 3.05) is 7.11 Å². The summed E-state index contributed by atoms with van der Waals surface area (Å²) in [6.45, 7) is 3.88. The number of hydrogen-bond acceptors (Lipinski definition) is 5. The summed E-state index contributed by atoms with van der Waals surface area (Å²) in [5.74, 6) is 0.835. The number of rotatable bonds is 3. The molecule has 7 heteroatoms. The number of nitrogens with zero attached hydrogens (tertiary/aromatic N) is 4. The Labute approximate surface area is 143 Å². The Bertz CT molecular complexity index is 1070. The first kappa shape index (κ1) is 15.2. The van der Waals surface area contributed by atoms with Gasteiger partial charge in [0.1, 0.15) is 5.75 Å². The highest BCUT2D eigenvalue weighted by Crippen LogP contribution is 2.36. The van der Waals surface area contributed by atoms with E-state index in [9.17, 15) is 5.11 Å². The summed E-state index contributed by atoms with van der Waals surface area (Å²) in [7, 11) is 1.61. The van der Waals surface area contributed by atoms with Gasteiger partial charge in [-0.15, -0.1) is 0 Å². The third-order valence-electron chi connectivity index (χ3n) is 4.32. The van der Waals surface area contributed by atoms with Gasteiger partial charge in [-0.25, -0.2) is 4.98 Å². The van der Waals surface area contributed by atoms with E-state index in [4.69, 9.17) is 9.72 Å². The lowest BCUT2D eigenvalue weighted by Crippen LogP contribution is -1.94. The molecule has 126 valence electrons. The zero-order chi connectivity index (χ0) is 17.6. The monoisotopic (exact) mass is 335 g/mol. The Kier molecular flexibility index (Phi) is 3.42. The molecule has 7 nitrogen and oxygen atoms in total. The molecule has 0 atom stereocenters. The van der Waals surface area contributed by atoms with E-state index in [2.05, 4.69) is 15.2 Å². The Morgan fingerprint density at radius 1 is 1.16 bits per heavy atom. The van der Waals surface area contributed by atoms with E-state index < -0.39 is 0 Å². The van der Waals surface area contributed by atoms with Crippen LogP contribution in [0.4, 0.5) is 0 Å². The number of aromatic hydroxyl groups is 1. The van der Waals surface area contributed by atoms with E-state index in [0.29, 0.717) is 5.75 Å². The minimum atomic E-state index is 0.161. The number of H-pyrrole nitrogens is 1. The van der Waals surface area contributed by atoms with Crippen LogP contribution < -0.4 is 4.74 Å². The average Bonchev–Trinajstić information content (AvgIpc) is 3.22. The molecule has 0 aliphatic carbocycles. The van der Waals surface area contributed by atoms with Crippen LogP contribution in [0.3, 0.4) is 0 Å². The molecule has 0 radical (unpaired) electrons. The molecule has 25 heavy (non-hydrogen) atoms. The highest BCUT2D eigenvalue weighted by Gasteiger charge is 2.19. The third kappa shape index (κ3) is 2.32. The number of hydrogen-bond donors (Lipinski definition) is 2. The van der Waals surface area contributed by atoms with Gasteiger partial charge in [0.15, 0.2) is 0 Å². The summed E-state index contributed by atoms with van der Waals surface area (Å²) < 4.78 is 6.98. The number of aromatic amines is 1. The van der Waals surface area contributed by atoms with Crippen molar-refractivity contribution in [2.45, 2.75) is 13.8 Å². The second kappa shape index (κ2) is 5.62. The molecule has 0 unspecified atom stereocenters. The van der Waals surface area contributed by atoms with Gasteiger partial charge in [0.05, 0.1) is 41.8 Å². The second-order valence-corrected chi connectivity index (χ2v) is 5.86. The van der Waals surface area contributed by atoms with E-state index >= 15 is 0 Å². The fraction of sp³-hybridized carbons (Fsp3) is 0.167. The maximum absolute atomic E-state index is 10.7. The molecule has 0 saturated heterocycles. The highest BCUT2D eigenvalue weighted by molar-refractivity contribution is 5.93. The zero-order valence-electron chi connectivity index (χ0n) is 14.1. The van der Waals surface area contributed by atoms with Gasteiger partial charge in [0.25, 0.3) is 0 Å². The Morgan fingerprint density at radius 2 is 2.00 bits per heavy atom. The third-order valence-corrected chi connectivity index (χ3v) is 4.32. The molecule has 4 heterocycles. The molecule has 0 bridgehead atoms. The van der Waals surface area contributed by atoms with Crippen LogP contribution in [0.2, 0.25) is 0 Å². The molecule has 0 amide bonds. The molecule has 0 spiro atoms. The van der Waals surface area contributed by atoms with E-state index in [1.54, 1.807) is 36.5 Å². The van der Waals surface area contributed by atoms with Crippen molar-refractivity contribution in [3.8, 4) is 28.6 Å². The number of pyridine rings is 2. The smallest absolute Gasteiger partial charge is 0.206 e. The summed E-state index contributed by atoms with van der Waals surface area (Å²) in [5.41, 5.74) is 4.93. The van der Waals surface area contributed by atoms with E-state index in [-0.39, 0.29) is 5.88 Å². The Hall–Kier alpha value is -3.35. The topological polar surface area (TPSA) is 88.9 Å². The fourth-order valence-electron chi connectivity index (χ4n) is 3.09. The van der Waals surface area contributed by atoms with Crippen LogP contribution in [0.25, 0.3) is 27.8 Å². The predicted octanol–water partition coefficient (Wildman–Crippen LogP) is 3.14. The summed E-state index contributed by atoms with van der Waals surface area (Å²) in [6.07, 6.45) is 6.79. The zero-order valence-corrected chi connectivity index (χ0v) is 14.1. The molecule has 0 aliphatic heterocycles. The van der Waals surface area contributed by atoms with Gasteiger partial charge < -0.3 is 9.84 Å². The molecule has 2 N–H and O–H groups in total. The highest BCUT2D eigenvalue weighted by atomic mass is 16.5. The maximum Gasteiger partial charge on any atom is 0.206 e. The molecular formula is C18H17N5O2. The lowest BCUT2D eigenvalue weighted by Gasteiger charge is -2.06. The number of aryl methyl sites for hydroxylation is 2. The van der Waals surface area contributed by atoms with Crippen molar-refractivity contribution in [3.05, 3.63) is 48.2 Å². The van der Waals surface area contributed by atoms with E-state index in [1.165, 1.54) is 0 Å². The van der Waals surface area contributed by atoms with Crippen molar-refractivity contribution in [1.82, 2.24) is 24.7 Å². The molecule has 4 rings (SSSR count). The number of aromatic nitrogens is 5. The first-order valence-electron chi connectivity index (χ1n) is 7.80. The van der Waals surface area contributed by atoms with Gasteiger partial charge in [-0.1, -0.05) is 0 Å². The minimum absolute atomic E-state index is 0.161. The number of fused-ring (bicyclic) bond motifs is 1. The van der Waals surface area contributed by atoms with Crippen LogP contribution >= 0.6 is 0 Å². The first-order chi connectivity index (χ1) is 12.1. The summed E-state index contributed by atoms with van der Waals surface area (Å²) >= 11 is 0. The maximum atomic E-state index is 10.7. The Morgan fingerprint density at radius 3 is 2.72 bits per heavy atom. The van der Waals surface area contributed by atoms with Crippen LogP contribution in [0.15, 0.2) is 36.9 Å². The van der Waals surface area contributed by atoms with Crippen molar-refractivity contribution in [1.29, 1.82) is 0 Å². The van der Waals surface area contributed by atoms with Crippen LogP contribution in [-0.4, -0.2) is 36.9 Å². The lowest BCUT2D eigenvalue weighted by atomic mass is 10.1. The fourth-order valence-corrected chi connectivity index (χ4v) is 3.09. The quantitative estimate of drug-likeness (QED) is 0.600. The largest absolute Gasteiger partial charge is 0.495 e. The number of methoxy groups -OCH3 is 1. The molecule has 0 aromatic carbocycles. The average molecular weight is 335 g/mol. The number of nitrogens with one attached hydrogen (secondary N) is 1. The van der Waals surface area contributed by atoms with Crippen molar-refractivity contribution >= 4 is 10.9 Å². The standard InChI is InChI=1S/C18H17N5O2/c1-10-4-15(12-5-14(25-3)9-19-6-12)22-17-11(2)23(18(24)16(10)17)13-7-20-21-8-13/h4-9,24H,1-3H3,(H,20,21). The summed E-state index contributed by atoms with van der Waals surface area (Å²) in [5, 5.41) is 18.2. The van der Waals surface area contributed by atoms with Gasteiger partial charge in [0, 0.05) is 23.7 Å². The van der Waals surface area contributed by atoms with Gasteiger partial charge in [-0.3, -0.25) is 14.6 Å². The Balaban J connectivity index is 1.97. The van der Waals surface area contributed by atoms with Gasteiger partial charge >= 0.3 is 0 Å². The van der Waals surface area contributed by atoms with Gasteiger partial charge in [-0.05, 0) is 31.5 Å². The van der Waals surface area contributed by atoms with Crippen LogP contribution in [0, 0.1) is 13.8 Å². The second-order valence-electron chi connectivity index (χ2n) is 5.86. The molecule has 0 aliphatic rings. The summed E-state index contributed by atoms with van der Waals surface area (Å²) in [6, 6.07) is 3.83. The van der Waals surface area contributed by atoms with E-state index in [1.807, 2.05) is 26.0 Å². The van der Waals surface area contributed by atoms with Crippen molar-refractivity contribution < 1.29 is 9.84 Å². The molecule has 4 aromatic rings. The van der Waals surface area contributed by atoms with Crippen LogP contribution in [-0.2, 0) is 0 Å². The van der Waals surface area contributed by atoms with E-state index in [0.717, 1.165) is 39.1 Å². The minimum Gasteiger partial charge on any atom is -0.495 e. The van der Waals surface area contributed by atoms with Crippen LogP contribution in [0.1, 0.15) is 11.3 Å². The van der Waals surface area contributed by atoms with Crippen molar-refractivity contribution in [3.63, 3.8) is 0 Å². The van der Waals surface area contributed by atoms with Gasteiger partial charge in [0.2, 0.25) is 5.88 Å². The molecule has 4 aromatic heterocycles.